The number of para-hydroxylation sites is 1. The SMILES string of the molecule is O=C(COc1ccccc1F)N[C@H]1CC[C@@H](C(=O)O)C1. The van der Waals surface area contributed by atoms with Gasteiger partial charge in [0.15, 0.2) is 18.2 Å². The minimum absolute atomic E-state index is 0.0254. The maximum Gasteiger partial charge on any atom is 0.306 e. The summed E-state index contributed by atoms with van der Waals surface area (Å²) in [5.41, 5.74) is 0. The van der Waals surface area contributed by atoms with Gasteiger partial charge in [0.2, 0.25) is 0 Å². The average molecular weight is 281 g/mol. The molecule has 1 aromatic rings. The minimum atomic E-state index is -0.829. The molecule has 2 atom stereocenters. The summed E-state index contributed by atoms with van der Waals surface area (Å²) < 4.78 is 18.3. The number of nitrogens with one attached hydrogen (secondary N) is 1. The van der Waals surface area contributed by atoms with Crippen molar-refractivity contribution in [2.75, 3.05) is 6.61 Å². The Balaban J connectivity index is 1.77. The molecule has 2 rings (SSSR count). The molecule has 5 nitrogen and oxygen atoms in total. The summed E-state index contributed by atoms with van der Waals surface area (Å²) in [6.07, 6.45) is 1.64. The lowest BCUT2D eigenvalue weighted by atomic mass is 10.1. The van der Waals surface area contributed by atoms with Crippen molar-refractivity contribution in [3.8, 4) is 5.75 Å². The number of carbonyl (C=O) groups excluding carboxylic acids is 1. The predicted octanol–water partition coefficient (Wildman–Crippen LogP) is 1.57. The lowest BCUT2D eigenvalue weighted by Gasteiger charge is -2.13. The maximum absolute atomic E-state index is 13.3. The Morgan fingerprint density at radius 2 is 2.10 bits per heavy atom. The summed E-state index contributed by atoms with van der Waals surface area (Å²) in [5, 5.41) is 11.6. The summed E-state index contributed by atoms with van der Waals surface area (Å²) in [6.45, 7) is -0.283. The molecular weight excluding hydrogens is 265 g/mol. The van der Waals surface area contributed by atoms with Gasteiger partial charge in [0.25, 0.3) is 5.91 Å². The fourth-order valence-electron chi connectivity index (χ4n) is 2.31. The van der Waals surface area contributed by atoms with E-state index in [1.807, 2.05) is 0 Å². The Hall–Kier alpha value is -2.11. The van der Waals surface area contributed by atoms with E-state index in [9.17, 15) is 14.0 Å². The second-order valence-corrected chi connectivity index (χ2v) is 4.83. The van der Waals surface area contributed by atoms with E-state index in [4.69, 9.17) is 9.84 Å². The standard InChI is InChI=1S/C14H16FNO4/c15-11-3-1-2-4-12(11)20-8-13(17)16-10-6-5-9(7-10)14(18)19/h1-4,9-10H,5-8H2,(H,16,17)(H,18,19)/t9-,10+/m1/s1. The van der Waals surface area contributed by atoms with Gasteiger partial charge in [0.1, 0.15) is 0 Å². The van der Waals surface area contributed by atoms with Gasteiger partial charge in [0.05, 0.1) is 5.92 Å². The number of hydrogen-bond acceptors (Lipinski definition) is 3. The van der Waals surface area contributed by atoms with Crippen molar-refractivity contribution in [2.45, 2.75) is 25.3 Å². The summed E-state index contributed by atoms with van der Waals surface area (Å²) in [5.74, 6) is -2.09. The van der Waals surface area contributed by atoms with Crippen molar-refractivity contribution in [1.29, 1.82) is 0 Å². The summed E-state index contributed by atoms with van der Waals surface area (Å²) in [4.78, 5) is 22.5. The second-order valence-electron chi connectivity index (χ2n) is 4.83. The Morgan fingerprint density at radius 3 is 2.75 bits per heavy atom. The normalized spacial score (nSPS) is 21.4. The molecule has 20 heavy (non-hydrogen) atoms. The largest absolute Gasteiger partial charge is 0.481 e. The highest BCUT2D eigenvalue weighted by Crippen LogP contribution is 2.25. The molecule has 0 aliphatic heterocycles. The molecule has 1 amide bonds. The van der Waals surface area contributed by atoms with Gasteiger partial charge in [-0.15, -0.1) is 0 Å². The Kier molecular flexibility index (Phi) is 4.55. The maximum atomic E-state index is 13.3. The highest BCUT2D eigenvalue weighted by Gasteiger charge is 2.30. The zero-order chi connectivity index (χ0) is 14.5. The number of carboxylic acids is 1. The van der Waals surface area contributed by atoms with Gasteiger partial charge < -0.3 is 15.2 Å². The quantitative estimate of drug-likeness (QED) is 0.859. The molecule has 1 saturated carbocycles. The molecule has 2 N–H and O–H groups in total. The van der Waals surface area contributed by atoms with E-state index in [-0.39, 0.29) is 24.3 Å². The molecule has 0 radical (unpaired) electrons. The molecule has 1 aliphatic rings. The van der Waals surface area contributed by atoms with Crippen LogP contribution in [0.4, 0.5) is 4.39 Å². The second kappa shape index (κ2) is 6.36. The molecular formula is C14H16FNO4. The van der Waals surface area contributed by atoms with E-state index in [1.54, 1.807) is 6.07 Å². The van der Waals surface area contributed by atoms with Gasteiger partial charge in [-0.1, -0.05) is 12.1 Å². The lowest BCUT2D eigenvalue weighted by Crippen LogP contribution is -2.36. The number of rotatable bonds is 5. The fourth-order valence-corrected chi connectivity index (χ4v) is 2.31. The van der Waals surface area contributed by atoms with Crippen LogP contribution >= 0.6 is 0 Å². The lowest BCUT2D eigenvalue weighted by molar-refractivity contribution is -0.141. The molecule has 1 aromatic carbocycles. The molecule has 0 saturated heterocycles. The van der Waals surface area contributed by atoms with Gasteiger partial charge in [-0.25, -0.2) is 4.39 Å². The topological polar surface area (TPSA) is 75.6 Å². The van der Waals surface area contributed by atoms with Gasteiger partial charge in [-0.2, -0.15) is 0 Å². The van der Waals surface area contributed by atoms with Crippen LogP contribution in [0.5, 0.6) is 5.75 Å². The van der Waals surface area contributed by atoms with Crippen LogP contribution in [0.2, 0.25) is 0 Å². The molecule has 6 heteroatoms. The number of amides is 1. The molecule has 0 unspecified atom stereocenters. The third-order valence-corrected chi connectivity index (χ3v) is 3.34. The van der Waals surface area contributed by atoms with Gasteiger partial charge >= 0.3 is 5.97 Å². The van der Waals surface area contributed by atoms with Gasteiger partial charge in [-0.05, 0) is 31.4 Å². The van der Waals surface area contributed by atoms with E-state index in [0.29, 0.717) is 19.3 Å². The van der Waals surface area contributed by atoms with Crippen LogP contribution < -0.4 is 10.1 Å². The van der Waals surface area contributed by atoms with Crippen molar-refractivity contribution >= 4 is 11.9 Å². The molecule has 0 aromatic heterocycles. The first-order valence-corrected chi connectivity index (χ1v) is 6.45. The highest BCUT2D eigenvalue weighted by molar-refractivity contribution is 5.78. The number of benzene rings is 1. The monoisotopic (exact) mass is 281 g/mol. The zero-order valence-corrected chi connectivity index (χ0v) is 10.8. The zero-order valence-electron chi connectivity index (χ0n) is 10.8. The van der Waals surface area contributed by atoms with Crippen LogP contribution in [0.25, 0.3) is 0 Å². The van der Waals surface area contributed by atoms with Crippen molar-refractivity contribution in [2.24, 2.45) is 5.92 Å². The minimum Gasteiger partial charge on any atom is -0.481 e. The first-order valence-electron chi connectivity index (χ1n) is 6.45. The third-order valence-electron chi connectivity index (χ3n) is 3.34. The summed E-state index contributed by atoms with van der Waals surface area (Å²) >= 11 is 0. The fraction of sp³-hybridized carbons (Fsp3) is 0.429. The van der Waals surface area contributed by atoms with E-state index in [0.717, 1.165) is 0 Å². The number of ether oxygens (including phenoxy) is 1. The van der Waals surface area contributed by atoms with Crippen molar-refractivity contribution in [3.63, 3.8) is 0 Å². The van der Waals surface area contributed by atoms with Crippen molar-refractivity contribution < 1.29 is 23.8 Å². The van der Waals surface area contributed by atoms with Crippen LogP contribution in [0, 0.1) is 11.7 Å². The van der Waals surface area contributed by atoms with E-state index in [1.165, 1.54) is 18.2 Å². The van der Waals surface area contributed by atoms with Crippen molar-refractivity contribution in [3.05, 3.63) is 30.1 Å². The van der Waals surface area contributed by atoms with Crippen LogP contribution in [-0.2, 0) is 9.59 Å². The number of halogens is 1. The van der Waals surface area contributed by atoms with Crippen LogP contribution in [0.1, 0.15) is 19.3 Å². The molecule has 108 valence electrons. The Labute approximate surface area is 115 Å². The molecule has 1 fully saturated rings. The summed E-state index contributed by atoms with van der Waals surface area (Å²) in [6, 6.07) is 5.70. The first kappa shape index (κ1) is 14.3. The van der Waals surface area contributed by atoms with E-state index in [2.05, 4.69) is 5.32 Å². The van der Waals surface area contributed by atoms with E-state index >= 15 is 0 Å². The molecule has 0 bridgehead atoms. The number of aliphatic carboxylic acids is 1. The summed E-state index contributed by atoms with van der Waals surface area (Å²) in [7, 11) is 0. The molecule has 0 spiro atoms. The number of carboxylic acid groups (broad SMARTS) is 1. The van der Waals surface area contributed by atoms with Gasteiger partial charge in [-0.3, -0.25) is 9.59 Å². The number of hydrogen-bond donors (Lipinski definition) is 2. The predicted molar refractivity (Wildman–Crippen MR) is 68.8 cm³/mol. The Bertz CT molecular complexity index is 506. The third kappa shape index (κ3) is 3.69. The van der Waals surface area contributed by atoms with E-state index < -0.39 is 17.7 Å². The smallest absolute Gasteiger partial charge is 0.306 e. The van der Waals surface area contributed by atoms with Crippen LogP contribution in [-0.4, -0.2) is 29.6 Å². The highest BCUT2D eigenvalue weighted by atomic mass is 19.1. The average Bonchev–Trinajstić information content (AvgIpc) is 2.86. The number of carbonyl (C=O) groups is 2. The van der Waals surface area contributed by atoms with Crippen LogP contribution in [0.3, 0.4) is 0 Å². The van der Waals surface area contributed by atoms with Crippen LogP contribution in [0.15, 0.2) is 24.3 Å². The Morgan fingerprint density at radius 1 is 1.35 bits per heavy atom. The van der Waals surface area contributed by atoms with Gasteiger partial charge in [0, 0.05) is 6.04 Å². The molecule has 1 aliphatic carbocycles. The first-order chi connectivity index (χ1) is 9.56. The molecule has 0 heterocycles. The van der Waals surface area contributed by atoms with Crippen molar-refractivity contribution in [1.82, 2.24) is 5.32 Å².